The van der Waals surface area contributed by atoms with Crippen molar-refractivity contribution >= 4 is 22.7 Å². The molecular weight excluding hydrogens is 322 g/mol. The number of anilines is 2. The van der Waals surface area contributed by atoms with Crippen molar-refractivity contribution in [1.29, 1.82) is 0 Å². The summed E-state index contributed by atoms with van der Waals surface area (Å²) in [5, 5.41) is 3.28. The van der Waals surface area contributed by atoms with E-state index in [1.165, 1.54) is 5.56 Å². The molecule has 0 saturated carbocycles. The number of nitrogens with zero attached hydrogens (tertiary/aromatic N) is 3. The largest absolute Gasteiger partial charge is 0.345 e. The minimum Gasteiger partial charge on any atom is -0.345 e. The maximum Gasteiger partial charge on any atom is 0.227 e. The molecule has 0 aliphatic rings. The van der Waals surface area contributed by atoms with Crippen LogP contribution < -0.4 is 5.32 Å². The Morgan fingerprint density at radius 1 is 0.923 bits per heavy atom. The molecule has 2 heterocycles. The van der Waals surface area contributed by atoms with Gasteiger partial charge in [0.2, 0.25) is 5.95 Å². The zero-order valence-electron chi connectivity index (χ0n) is 15.1. The highest BCUT2D eigenvalue weighted by molar-refractivity contribution is 5.80. The van der Waals surface area contributed by atoms with Crippen molar-refractivity contribution in [1.82, 2.24) is 19.9 Å². The van der Waals surface area contributed by atoms with Crippen LogP contribution in [0.25, 0.3) is 22.3 Å². The molecule has 4 aromatic rings. The van der Waals surface area contributed by atoms with Crippen molar-refractivity contribution < 1.29 is 0 Å². The van der Waals surface area contributed by atoms with E-state index in [0.29, 0.717) is 5.95 Å². The fourth-order valence-electron chi connectivity index (χ4n) is 2.85. The maximum absolute atomic E-state index is 4.64. The minimum absolute atomic E-state index is 0.139. The molecule has 2 aromatic heterocycles. The summed E-state index contributed by atoms with van der Waals surface area (Å²) < 4.78 is 0. The van der Waals surface area contributed by atoms with E-state index in [2.05, 4.69) is 70.3 Å². The van der Waals surface area contributed by atoms with Crippen LogP contribution in [0.3, 0.4) is 0 Å². The van der Waals surface area contributed by atoms with Crippen molar-refractivity contribution in [3.63, 3.8) is 0 Å². The van der Waals surface area contributed by atoms with E-state index in [4.69, 9.17) is 0 Å². The van der Waals surface area contributed by atoms with Gasteiger partial charge in [-0.3, -0.25) is 0 Å². The first-order valence-electron chi connectivity index (χ1n) is 8.63. The summed E-state index contributed by atoms with van der Waals surface area (Å²) >= 11 is 0. The topological polar surface area (TPSA) is 66.5 Å². The van der Waals surface area contributed by atoms with Gasteiger partial charge >= 0.3 is 0 Å². The molecule has 5 nitrogen and oxygen atoms in total. The molecular formula is C21H21N5. The van der Waals surface area contributed by atoms with Gasteiger partial charge in [0.15, 0.2) is 0 Å². The predicted molar refractivity (Wildman–Crippen MR) is 106 cm³/mol. The van der Waals surface area contributed by atoms with E-state index >= 15 is 0 Å². The smallest absolute Gasteiger partial charge is 0.227 e. The number of nitrogens with one attached hydrogen (secondary N) is 2. The van der Waals surface area contributed by atoms with E-state index in [9.17, 15) is 0 Å². The van der Waals surface area contributed by atoms with Gasteiger partial charge in [0.05, 0.1) is 23.1 Å². The molecule has 0 atom stereocenters. The van der Waals surface area contributed by atoms with Crippen LogP contribution >= 0.6 is 0 Å². The monoisotopic (exact) mass is 343 g/mol. The highest BCUT2D eigenvalue weighted by atomic mass is 15.1. The van der Waals surface area contributed by atoms with E-state index in [-0.39, 0.29) is 5.41 Å². The number of imidazole rings is 1. The summed E-state index contributed by atoms with van der Waals surface area (Å²) in [5.41, 5.74) is 6.22. The van der Waals surface area contributed by atoms with Gasteiger partial charge in [-0.2, -0.15) is 0 Å². The lowest BCUT2D eigenvalue weighted by Gasteiger charge is -2.19. The molecule has 0 bridgehead atoms. The summed E-state index contributed by atoms with van der Waals surface area (Å²) in [6, 6.07) is 16.4. The van der Waals surface area contributed by atoms with Gasteiger partial charge in [-0.15, -0.1) is 0 Å². The Morgan fingerprint density at radius 2 is 1.73 bits per heavy atom. The molecule has 0 fully saturated rings. The molecule has 0 radical (unpaired) electrons. The lowest BCUT2D eigenvalue weighted by Crippen LogP contribution is -2.10. The van der Waals surface area contributed by atoms with Crippen LogP contribution in [0.2, 0.25) is 0 Å². The third-order valence-corrected chi connectivity index (χ3v) is 4.38. The highest BCUT2D eigenvalue weighted by Crippen LogP contribution is 2.25. The Morgan fingerprint density at radius 3 is 2.50 bits per heavy atom. The van der Waals surface area contributed by atoms with Gasteiger partial charge in [-0.05, 0) is 41.3 Å². The van der Waals surface area contributed by atoms with Crippen LogP contribution in [0.4, 0.5) is 11.6 Å². The normalized spacial score (nSPS) is 11.7. The van der Waals surface area contributed by atoms with Gasteiger partial charge in [0, 0.05) is 17.4 Å². The van der Waals surface area contributed by atoms with Gasteiger partial charge in [0.1, 0.15) is 0 Å². The molecule has 26 heavy (non-hydrogen) atoms. The van der Waals surface area contributed by atoms with E-state index in [1.54, 1.807) is 12.5 Å². The molecule has 2 aromatic carbocycles. The van der Waals surface area contributed by atoms with Gasteiger partial charge in [-0.1, -0.05) is 39.0 Å². The van der Waals surface area contributed by atoms with Crippen LogP contribution in [0.5, 0.6) is 0 Å². The lowest BCUT2D eigenvalue weighted by molar-refractivity contribution is 0.590. The average molecular weight is 343 g/mol. The second-order valence-electron chi connectivity index (χ2n) is 7.35. The number of H-pyrrole nitrogens is 1. The third-order valence-electron chi connectivity index (χ3n) is 4.38. The van der Waals surface area contributed by atoms with Crippen LogP contribution in [0.15, 0.2) is 61.1 Å². The number of hydrogen-bond donors (Lipinski definition) is 2. The van der Waals surface area contributed by atoms with Gasteiger partial charge in [-0.25, -0.2) is 15.0 Å². The Balaban J connectivity index is 1.59. The molecule has 0 unspecified atom stereocenters. The van der Waals surface area contributed by atoms with Crippen LogP contribution in [0, 0.1) is 0 Å². The molecule has 0 spiro atoms. The standard InChI is InChI=1S/C21H21N5/c1-21(2,3)15-5-7-16(8-6-15)25-20-22-11-10-17(26-20)14-4-9-18-19(12-14)24-13-23-18/h4-13H,1-3H3,(H,23,24)(H,22,25,26). The van der Waals surface area contributed by atoms with Crippen LogP contribution in [-0.4, -0.2) is 19.9 Å². The molecule has 2 N–H and O–H groups in total. The SMILES string of the molecule is CC(C)(C)c1ccc(Nc2nccc(-c3ccc4[nH]cnc4c3)n2)cc1. The molecule has 0 aliphatic carbocycles. The van der Waals surface area contributed by atoms with E-state index in [1.807, 2.05) is 24.3 Å². The van der Waals surface area contributed by atoms with Crippen molar-refractivity contribution in [2.75, 3.05) is 5.32 Å². The zero-order chi connectivity index (χ0) is 18.1. The summed E-state index contributed by atoms with van der Waals surface area (Å²) in [5.74, 6) is 0.577. The first kappa shape index (κ1) is 16.3. The predicted octanol–water partition coefficient (Wildman–Crippen LogP) is 5.06. The number of aromatic amines is 1. The second-order valence-corrected chi connectivity index (χ2v) is 7.35. The molecule has 4 rings (SSSR count). The fourth-order valence-corrected chi connectivity index (χ4v) is 2.85. The average Bonchev–Trinajstić information content (AvgIpc) is 3.09. The Kier molecular flexibility index (Phi) is 3.92. The molecule has 5 heteroatoms. The quantitative estimate of drug-likeness (QED) is 0.545. The number of benzene rings is 2. The van der Waals surface area contributed by atoms with Gasteiger partial charge in [0.25, 0.3) is 0 Å². The number of rotatable bonds is 3. The van der Waals surface area contributed by atoms with Crippen LogP contribution in [0.1, 0.15) is 26.3 Å². The molecule has 0 saturated heterocycles. The van der Waals surface area contributed by atoms with Crippen molar-refractivity contribution in [3.8, 4) is 11.3 Å². The Labute approximate surface area is 152 Å². The minimum atomic E-state index is 0.139. The van der Waals surface area contributed by atoms with Gasteiger partial charge < -0.3 is 10.3 Å². The summed E-state index contributed by atoms with van der Waals surface area (Å²) in [6.07, 6.45) is 3.46. The molecule has 0 amide bonds. The first-order chi connectivity index (χ1) is 12.5. The zero-order valence-corrected chi connectivity index (χ0v) is 15.1. The van der Waals surface area contributed by atoms with Crippen LogP contribution in [-0.2, 0) is 5.41 Å². The second kappa shape index (κ2) is 6.26. The summed E-state index contributed by atoms with van der Waals surface area (Å²) in [6.45, 7) is 6.62. The molecule has 0 aliphatic heterocycles. The van der Waals surface area contributed by atoms with Crippen molar-refractivity contribution in [2.24, 2.45) is 0 Å². The molecule has 130 valence electrons. The van der Waals surface area contributed by atoms with Crippen molar-refractivity contribution in [3.05, 3.63) is 66.6 Å². The van der Waals surface area contributed by atoms with E-state index in [0.717, 1.165) is 28.0 Å². The first-order valence-corrected chi connectivity index (χ1v) is 8.63. The van der Waals surface area contributed by atoms with E-state index < -0.39 is 0 Å². The Hall–Kier alpha value is -3.21. The summed E-state index contributed by atoms with van der Waals surface area (Å²) in [7, 11) is 0. The number of hydrogen-bond acceptors (Lipinski definition) is 4. The van der Waals surface area contributed by atoms with Crippen molar-refractivity contribution in [2.45, 2.75) is 26.2 Å². The third kappa shape index (κ3) is 3.28. The summed E-state index contributed by atoms with van der Waals surface area (Å²) in [4.78, 5) is 16.4. The number of aromatic nitrogens is 4. The fraction of sp³-hybridized carbons (Fsp3) is 0.190. The maximum atomic E-state index is 4.64. The number of fused-ring (bicyclic) bond motifs is 1. The highest BCUT2D eigenvalue weighted by Gasteiger charge is 2.13. The lowest BCUT2D eigenvalue weighted by atomic mass is 9.87. The Bertz CT molecular complexity index is 1040.